The van der Waals surface area contributed by atoms with E-state index < -0.39 is 0 Å². The number of β-lactam (4-membered cyclic amide) rings is 1. The minimum Gasteiger partial charge on any atom is -0.374 e. The highest BCUT2D eigenvalue weighted by molar-refractivity contribution is 5.81. The maximum absolute atomic E-state index is 11.1. The third-order valence-electron chi connectivity index (χ3n) is 3.13. The molecule has 0 aromatic heterocycles. The van der Waals surface area contributed by atoms with Gasteiger partial charge < -0.3 is 9.64 Å². The van der Waals surface area contributed by atoms with E-state index in [1.807, 2.05) is 23.1 Å². The standard InChI is InChI=1S/C14H19NO2/c1-12(7-9-15-10-8-14(15)16)17-11-13-5-3-2-4-6-13/h2-6,12H,7-11H2,1H3/t12-/m1/s1. The van der Waals surface area contributed by atoms with Crippen LogP contribution in [0.5, 0.6) is 0 Å². The van der Waals surface area contributed by atoms with Gasteiger partial charge in [-0.1, -0.05) is 30.3 Å². The number of likely N-dealkylation sites (tertiary alicyclic amines) is 1. The molecule has 1 saturated heterocycles. The van der Waals surface area contributed by atoms with Crippen molar-refractivity contribution in [1.82, 2.24) is 4.90 Å². The van der Waals surface area contributed by atoms with Crippen molar-refractivity contribution in [2.75, 3.05) is 13.1 Å². The fourth-order valence-electron chi connectivity index (χ4n) is 1.83. The van der Waals surface area contributed by atoms with E-state index >= 15 is 0 Å². The number of carbonyl (C=O) groups is 1. The van der Waals surface area contributed by atoms with Crippen molar-refractivity contribution >= 4 is 5.91 Å². The summed E-state index contributed by atoms with van der Waals surface area (Å²) in [7, 11) is 0. The molecule has 2 rings (SSSR count). The molecule has 1 aromatic rings. The Morgan fingerprint density at radius 1 is 1.35 bits per heavy atom. The van der Waals surface area contributed by atoms with Gasteiger partial charge in [0.05, 0.1) is 12.7 Å². The summed E-state index contributed by atoms with van der Waals surface area (Å²) in [6, 6.07) is 10.2. The maximum atomic E-state index is 11.1. The summed E-state index contributed by atoms with van der Waals surface area (Å²) in [6.07, 6.45) is 1.83. The number of ether oxygens (including phenoxy) is 1. The van der Waals surface area contributed by atoms with E-state index in [0.717, 1.165) is 25.9 Å². The van der Waals surface area contributed by atoms with Crippen molar-refractivity contribution in [1.29, 1.82) is 0 Å². The normalized spacial score (nSPS) is 16.8. The van der Waals surface area contributed by atoms with Crippen molar-refractivity contribution in [2.45, 2.75) is 32.5 Å². The minimum atomic E-state index is 0.198. The molecule has 17 heavy (non-hydrogen) atoms. The van der Waals surface area contributed by atoms with E-state index in [0.29, 0.717) is 6.61 Å². The van der Waals surface area contributed by atoms with Crippen LogP contribution in [0.4, 0.5) is 0 Å². The fourth-order valence-corrected chi connectivity index (χ4v) is 1.83. The van der Waals surface area contributed by atoms with Gasteiger partial charge in [-0.15, -0.1) is 0 Å². The highest BCUT2D eigenvalue weighted by atomic mass is 16.5. The third kappa shape index (κ3) is 3.56. The van der Waals surface area contributed by atoms with Crippen LogP contribution in [-0.2, 0) is 16.1 Å². The summed E-state index contributed by atoms with van der Waals surface area (Å²) in [5.41, 5.74) is 1.19. The zero-order valence-electron chi connectivity index (χ0n) is 10.3. The Labute approximate surface area is 102 Å². The van der Waals surface area contributed by atoms with Crippen LogP contribution < -0.4 is 0 Å². The van der Waals surface area contributed by atoms with Crippen LogP contribution in [0.1, 0.15) is 25.3 Å². The van der Waals surface area contributed by atoms with E-state index in [1.54, 1.807) is 0 Å². The highest BCUT2D eigenvalue weighted by Crippen LogP contribution is 2.11. The molecule has 1 fully saturated rings. The van der Waals surface area contributed by atoms with Crippen LogP contribution in [0.25, 0.3) is 0 Å². The van der Waals surface area contributed by atoms with E-state index in [2.05, 4.69) is 19.1 Å². The molecular formula is C14H19NO2. The third-order valence-corrected chi connectivity index (χ3v) is 3.13. The molecule has 1 heterocycles. The monoisotopic (exact) mass is 233 g/mol. The van der Waals surface area contributed by atoms with Gasteiger partial charge >= 0.3 is 0 Å². The lowest BCUT2D eigenvalue weighted by Crippen LogP contribution is -2.44. The van der Waals surface area contributed by atoms with Crippen molar-refractivity contribution < 1.29 is 9.53 Å². The van der Waals surface area contributed by atoms with Gasteiger partial charge in [-0.05, 0) is 18.9 Å². The molecule has 92 valence electrons. The minimum absolute atomic E-state index is 0.198. The SMILES string of the molecule is C[C@H](CCN1CCC1=O)OCc1ccccc1. The second-order valence-electron chi connectivity index (χ2n) is 4.53. The Morgan fingerprint density at radius 3 is 2.71 bits per heavy atom. The number of carbonyl (C=O) groups excluding carboxylic acids is 1. The first-order valence-corrected chi connectivity index (χ1v) is 6.19. The van der Waals surface area contributed by atoms with E-state index in [4.69, 9.17) is 4.74 Å². The predicted octanol–water partition coefficient (Wildman–Crippen LogP) is 2.21. The first-order valence-electron chi connectivity index (χ1n) is 6.19. The van der Waals surface area contributed by atoms with Gasteiger partial charge in [-0.3, -0.25) is 4.79 Å². The average Bonchev–Trinajstić information content (AvgIpc) is 2.36. The average molecular weight is 233 g/mol. The molecule has 0 spiro atoms. The zero-order valence-corrected chi connectivity index (χ0v) is 10.3. The summed E-state index contributed by atoms with van der Waals surface area (Å²) >= 11 is 0. The molecule has 0 N–H and O–H groups in total. The van der Waals surface area contributed by atoms with Crippen molar-refractivity contribution in [3.05, 3.63) is 35.9 Å². The number of rotatable bonds is 6. The van der Waals surface area contributed by atoms with E-state index in [9.17, 15) is 4.79 Å². The molecule has 1 aromatic carbocycles. The van der Waals surface area contributed by atoms with Crippen LogP contribution in [0.15, 0.2) is 30.3 Å². The Balaban J connectivity index is 1.64. The lowest BCUT2D eigenvalue weighted by atomic mass is 10.1. The van der Waals surface area contributed by atoms with Gasteiger partial charge in [-0.25, -0.2) is 0 Å². The van der Waals surface area contributed by atoms with Gasteiger partial charge in [0.1, 0.15) is 0 Å². The van der Waals surface area contributed by atoms with Gasteiger partial charge in [0, 0.05) is 19.5 Å². The first kappa shape index (κ1) is 12.1. The summed E-state index contributed by atoms with van der Waals surface area (Å²) < 4.78 is 5.74. The quantitative estimate of drug-likeness (QED) is 0.705. The molecule has 1 amide bonds. The largest absolute Gasteiger partial charge is 0.374 e. The van der Waals surface area contributed by atoms with E-state index in [-0.39, 0.29) is 12.0 Å². The van der Waals surface area contributed by atoms with Crippen LogP contribution in [0.2, 0.25) is 0 Å². The number of amides is 1. The molecule has 1 aliphatic heterocycles. The zero-order chi connectivity index (χ0) is 12.1. The lowest BCUT2D eigenvalue weighted by Gasteiger charge is -2.31. The smallest absolute Gasteiger partial charge is 0.224 e. The second-order valence-corrected chi connectivity index (χ2v) is 4.53. The number of hydrogen-bond donors (Lipinski definition) is 0. The molecular weight excluding hydrogens is 214 g/mol. The topological polar surface area (TPSA) is 29.5 Å². The molecule has 1 atom stereocenters. The van der Waals surface area contributed by atoms with Gasteiger partial charge in [0.25, 0.3) is 0 Å². The molecule has 1 aliphatic rings. The highest BCUT2D eigenvalue weighted by Gasteiger charge is 2.23. The number of benzene rings is 1. The van der Waals surface area contributed by atoms with Crippen LogP contribution in [0.3, 0.4) is 0 Å². The van der Waals surface area contributed by atoms with Gasteiger partial charge in [0.2, 0.25) is 5.91 Å². The summed E-state index contributed by atoms with van der Waals surface area (Å²) in [4.78, 5) is 13.0. The van der Waals surface area contributed by atoms with Gasteiger partial charge in [0.15, 0.2) is 0 Å². The lowest BCUT2D eigenvalue weighted by molar-refractivity contribution is -0.140. The Bertz CT molecular complexity index is 364. The maximum Gasteiger partial charge on any atom is 0.224 e. The van der Waals surface area contributed by atoms with Gasteiger partial charge in [-0.2, -0.15) is 0 Å². The fraction of sp³-hybridized carbons (Fsp3) is 0.500. The molecule has 0 bridgehead atoms. The van der Waals surface area contributed by atoms with Crippen LogP contribution in [-0.4, -0.2) is 30.0 Å². The second kappa shape index (κ2) is 5.82. The summed E-state index contributed by atoms with van der Waals surface area (Å²) in [5, 5.41) is 0. The molecule has 0 aliphatic carbocycles. The van der Waals surface area contributed by atoms with Crippen LogP contribution >= 0.6 is 0 Å². The Morgan fingerprint density at radius 2 is 2.12 bits per heavy atom. The number of nitrogens with zero attached hydrogens (tertiary/aromatic N) is 1. The molecule has 0 radical (unpaired) electrons. The Kier molecular flexibility index (Phi) is 4.15. The first-order chi connectivity index (χ1) is 8.25. The molecule has 0 saturated carbocycles. The Hall–Kier alpha value is -1.35. The molecule has 3 nitrogen and oxygen atoms in total. The molecule has 3 heteroatoms. The summed E-state index contributed by atoms with van der Waals surface area (Å²) in [5.74, 6) is 0.278. The predicted molar refractivity (Wildman–Crippen MR) is 66.5 cm³/mol. The van der Waals surface area contributed by atoms with Crippen molar-refractivity contribution in [2.24, 2.45) is 0 Å². The summed E-state index contributed by atoms with van der Waals surface area (Å²) in [6.45, 7) is 4.46. The van der Waals surface area contributed by atoms with E-state index in [1.165, 1.54) is 5.56 Å². The number of hydrogen-bond acceptors (Lipinski definition) is 2. The molecule has 0 unspecified atom stereocenters. The van der Waals surface area contributed by atoms with Crippen molar-refractivity contribution in [3.63, 3.8) is 0 Å². The van der Waals surface area contributed by atoms with Crippen LogP contribution in [0, 0.1) is 0 Å². The van der Waals surface area contributed by atoms with Crippen molar-refractivity contribution in [3.8, 4) is 0 Å².